The number of anilines is 1. The van der Waals surface area contributed by atoms with Gasteiger partial charge in [0.25, 0.3) is 5.95 Å². The Morgan fingerprint density at radius 2 is 2.00 bits per heavy atom. The van der Waals surface area contributed by atoms with Crippen molar-refractivity contribution in [1.82, 2.24) is 20.4 Å². The third kappa shape index (κ3) is 3.43. The van der Waals surface area contributed by atoms with Crippen molar-refractivity contribution in [3.05, 3.63) is 5.89 Å². The van der Waals surface area contributed by atoms with E-state index < -0.39 is 0 Å². The summed E-state index contributed by atoms with van der Waals surface area (Å²) in [6.07, 6.45) is 1.17. The Bertz CT molecular complexity index is 383. The van der Waals surface area contributed by atoms with Crippen LogP contribution in [0.2, 0.25) is 0 Å². The molecule has 0 aromatic carbocycles. The molecule has 7 heteroatoms. The average Bonchev–Trinajstić information content (AvgIpc) is 2.76. The molecule has 0 bridgehead atoms. The summed E-state index contributed by atoms with van der Waals surface area (Å²) in [7, 11) is 0. The minimum absolute atomic E-state index is 0.700. The van der Waals surface area contributed by atoms with Gasteiger partial charge >= 0.3 is 0 Å². The fourth-order valence-electron chi connectivity index (χ4n) is 2.45. The Morgan fingerprint density at radius 3 is 2.89 bits per heavy atom. The van der Waals surface area contributed by atoms with Crippen LogP contribution in [0.15, 0.2) is 4.52 Å². The highest BCUT2D eigenvalue weighted by Gasteiger charge is 2.18. The first-order chi connectivity index (χ1) is 9.42. The summed E-state index contributed by atoms with van der Waals surface area (Å²) >= 11 is 0. The lowest BCUT2D eigenvalue weighted by atomic mass is 10.4. The largest absolute Gasteiger partial charge is 0.378 e. The van der Waals surface area contributed by atoms with Gasteiger partial charge in [-0.25, -0.2) is 0 Å². The summed E-state index contributed by atoms with van der Waals surface area (Å²) in [5.74, 6) is 1.41. The Morgan fingerprint density at radius 1 is 1.11 bits per heavy atom. The van der Waals surface area contributed by atoms with Crippen LogP contribution in [-0.4, -0.2) is 67.5 Å². The molecule has 0 aliphatic carbocycles. The van der Waals surface area contributed by atoms with Gasteiger partial charge in [-0.3, -0.25) is 4.90 Å². The Balaban J connectivity index is 1.57. The second kappa shape index (κ2) is 6.31. The molecule has 1 aromatic rings. The van der Waals surface area contributed by atoms with Gasteiger partial charge in [-0.05, 0) is 24.7 Å². The SMILES string of the molecule is C1CNCCN(Cc2nc(N3CCOCC3)no2)C1. The topological polar surface area (TPSA) is 66.7 Å². The molecule has 2 aliphatic rings. The van der Waals surface area contributed by atoms with Crippen LogP contribution in [-0.2, 0) is 11.3 Å². The highest BCUT2D eigenvalue weighted by Crippen LogP contribution is 2.12. The highest BCUT2D eigenvalue weighted by atomic mass is 16.5. The number of aromatic nitrogens is 2. The molecule has 1 aromatic heterocycles. The molecule has 3 heterocycles. The van der Waals surface area contributed by atoms with Crippen LogP contribution >= 0.6 is 0 Å². The van der Waals surface area contributed by atoms with Crippen LogP contribution in [0, 0.1) is 0 Å². The van der Waals surface area contributed by atoms with Crippen molar-refractivity contribution in [2.24, 2.45) is 0 Å². The van der Waals surface area contributed by atoms with E-state index in [1.165, 1.54) is 6.42 Å². The van der Waals surface area contributed by atoms with Crippen molar-refractivity contribution in [3.8, 4) is 0 Å². The van der Waals surface area contributed by atoms with Crippen LogP contribution < -0.4 is 10.2 Å². The van der Waals surface area contributed by atoms with Gasteiger partial charge in [0.15, 0.2) is 0 Å². The van der Waals surface area contributed by atoms with E-state index in [2.05, 4.69) is 25.3 Å². The molecule has 106 valence electrons. The molecule has 3 rings (SSSR count). The molecule has 0 spiro atoms. The Hall–Kier alpha value is -1.18. The van der Waals surface area contributed by atoms with Crippen LogP contribution in [0.3, 0.4) is 0 Å². The number of nitrogens with zero attached hydrogens (tertiary/aromatic N) is 4. The predicted molar refractivity (Wildman–Crippen MR) is 70.1 cm³/mol. The third-order valence-electron chi connectivity index (χ3n) is 3.54. The summed E-state index contributed by atoms with van der Waals surface area (Å²) in [6.45, 7) is 8.16. The second-order valence-electron chi connectivity index (χ2n) is 4.97. The number of hydrogen-bond donors (Lipinski definition) is 1. The Labute approximate surface area is 112 Å². The molecule has 0 saturated carbocycles. The van der Waals surface area contributed by atoms with E-state index in [-0.39, 0.29) is 0 Å². The van der Waals surface area contributed by atoms with E-state index in [4.69, 9.17) is 9.26 Å². The van der Waals surface area contributed by atoms with Crippen LogP contribution in [0.5, 0.6) is 0 Å². The van der Waals surface area contributed by atoms with E-state index in [0.717, 1.165) is 59.0 Å². The number of morpholine rings is 1. The van der Waals surface area contributed by atoms with Gasteiger partial charge in [0.2, 0.25) is 5.89 Å². The van der Waals surface area contributed by atoms with Gasteiger partial charge in [0.1, 0.15) is 0 Å². The summed E-state index contributed by atoms with van der Waals surface area (Å²) in [5.41, 5.74) is 0. The lowest BCUT2D eigenvalue weighted by Crippen LogP contribution is -2.36. The van der Waals surface area contributed by atoms with Crippen molar-refractivity contribution in [2.45, 2.75) is 13.0 Å². The highest BCUT2D eigenvalue weighted by molar-refractivity contribution is 5.27. The van der Waals surface area contributed by atoms with Crippen molar-refractivity contribution < 1.29 is 9.26 Å². The normalized spacial score (nSPS) is 22.4. The number of ether oxygens (including phenoxy) is 1. The smallest absolute Gasteiger partial charge is 0.266 e. The van der Waals surface area contributed by atoms with E-state index in [1.54, 1.807) is 0 Å². The first kappa shape index (κ1) is 12.8. The monoisotopic (exact) mass is 267 g/mol. The first-order valence-corrected chi connectivity index (χ1v) is 7.00. The lowest BCUT2D eigenvalue weighted by molar-refractivity contribution is 0.121. The van der Waals surface area contributed by atoms with Gasteiger partial charge < -0.3 is 19.5 Å². The van der Waals surface area contributed by atoms with E-state index >= 15 is 0 Å². The van der Waals surface area contributed by atoms with Gasteiger partial charge in [-0.1, -0.05) is 0 Å². The summed E-state index contributed by atoms with van der Waals surface area (Å²) in [4.78, 5) is 8.96. The van der Waals surface area contributed by atoms with Crippen LogP contribution in [0.1, 0.15) is 12.3 Å². The second-order valence-corrected chi connectivity index (χ2v) is 4.97. The molecular formula is C12H21N5O2. The number of nitrogens with one attached hydrogen (secondary N) is 1. The number of hydrogen-bond acceptors (Lipinski definition) is 7. The molecule has 0 unspecified atom stereocenters. The Kier molecular flexibility index (Phi) is 4.27. The molecule has 0 radical (unpaired) electrons. The maximum Gasteiger partial charge on any atom is 0.266 e. The quantitative estimate of drug-likeness (QED) is 0.806. The average molecular weight is 267 g/mol. The third-order valence-corrected chi connectivity index (χ3v) is 3.54. The minimum Gasteiger partial charge on any atom is -0.378 e. The van der Waals surface area contributed by atoms with Crippen molar-refractivity contribution in [1.29, 1.82) is 0 Å². The molecule has 2 fully saturated rings. The molecule has 1 N–H and O–H groups in total. The molecule has 0 amide bonds. The minimum atomic E-state index is 0.700. The van der Waals surface area contributed by atoms with Crippen molar-refractivity contribution in [3.63, 3.8) is 0 Å². The first-order valence-electron chi connectivity index (χ1n) is 7.00. The zero-order chi connectivity index (χ0) is 12.9. The van der Waals surface area contributed by atoms with E-state index in [0.29, 0.717) is 11.8 Å². The van der Waals surface area contributed by atoms with Crippen LogP contribution in [0.4, 0.5) is 5.95 Å². The zero-order valence-corrected chi connectivity index (χ0v) is 11.2. The molecule has 2 aliphatic heterocycles. The van der Waals surface area contributed by atoms with E-state index in [9.17, 15) is 0 Å². The van der Waals surface area contributed by atoms with Gasteiger partial charge in [0.05, 0.1) is 19.8 Å². The maximum absolute atomic E-state index is 5.36. The van der Waals surface area contributed by atoms with Crippen molar-refractivity contribution >= 4 is 5.95 Å². The maximum atomic E-state index is 5.36. The molecular weight excluding hydrogens is 246 g/mol. The zero-order valence-electron chi connectivity index (χ0n) is 11.2. The fourth-order valence-corrected chi connectivity index (χ4v) is 2.45. The molecule has 2 saturated heterocycles. The predicted octanol–water partition coefficient (Wildman–Crippen LogP) is -0.298. The summed E-state index contributed by atoms with van der Waals surface area (Å²) in [6, 6.07) is 0. The van der Waals surface area contributed by atoms with Crippen LogP contribution in [0.25, 0.3) is 0 Å². The van der Waals surface area contributed by atoms with E-state index in [1.807, 2.05) is 0 Å². The molecule has 19 heavy (non-hydrogen) atoms. The van der Waals surface area contributed by atoms with Crippen molar-refractivity contribution in [2.75, 3.05) is 57.4 Å². The van der Waals surface area contributed by atoms with Gasteiger partial charge in [-0.2, -0.15) is 4.98 Å². The summed E-state index contributed by atoms with van der Waals surface area (Å²) < 4.78 is 10.7. The van der Waals surface area contributed by atoms with Gasteiger partial charge in [-0.15, -0.1) is 0 Å². The summed E-state index contributed by atoms with van der Waals surface area (Å²) in [5, 5.41) is 7.46. The molecule has 7 nitrogen and oxygen atoms in total. The molecule has 0 atom stereocenters. The standard InChI is InChI=1S/C12H21N5O2/c1-2-13-3-5-16(4-1)10-11-14-12(15-19-11)17-6-8-18-9-7-17/h13H,1-10H2. The fraction of sp³-hybridized carbons (Fsp3) is 0.833. The number of rotatable bonds is 3. The van der Waals surface area contributed by atoms with Gasteiger partial charge in [0, 0.05) is 26.2 Å². The lowest BCUT2D eigenvalue weighted by Gasteiger charge is -2.24.